The molecule has 2 aliphatic carbocycles. The van der Waals surface area contributed by atoms with Gasteiger partial charge in [-0.25, -0.2) is 4.90 Å². The van der Waals surface area contributed by atoms with Crippen LogP contribution in [0.25, 0.3) is 11.1 Å². The van der Waals surface area contributed by atoms with Gasteiger partial charge in [0.2, 0.25) is 11.8 Å². The second kappa shape index (κ2) is 7.76. The van der Waals surface area contributed by atoms with Crippen LogP contribution in [0.4, 0.5) is 5.69 Å². The maximum absolute atomic E-state index is 14.5. The minimum atomic E-state index is -1.12. The van der Waals surface area contributed by atoms with Crippen molar-refractivity contribution in [3.8, 4) is 5.75 Å². The fourth-order valence-electron chi connectivity index (χ4n) is 7.13. The highest BCUT2D eigenvalue weighted by Crippen LogP contribution is 2.74. The van der Waals surface area contributed by atoms with Crippen LogP contribution in [0.3, 0.4) is 0 Å². The number of anilines is 1. The number of ether oxygens (including phenoxy) is 1. The van der Waals surface area contributed by atoms with Gasteiger partial charge in [-0.15, -0.1) is 0 Å². The maximum Gasteiger partial charge on any atom is 0.239 e. The monoisotopic (exact) mass is 477 g/mol. The van der Waals surface area contributed by atoms with Crippen molar-refractivity contribution in [3.63, 3.8) is 0 Å². The van der Waals surface area contributed by atoms with Crippen LogP contribution in [0.15, 0.2) is 84.9 Å². The number of rotatable bonds is 5. The summed E-state index contributed by atoms with van der Waals surface area (Å²) in [4.78, 5) is 44.0. The van der Waals surface area contributed by atoms with Crippen LogP contribution in [0.1, 0.15) is 31.4 Å². The number of nitrogens with zero attached hydrogens (tertiary/aromatic N) is 1. The molecule has 6 rings (SSSR count). The summed E-state index contributed by atoms with van der Waals surface area (Å²) in [5.41, 5.74) is 1.88. The van der Waals surface area contributed by atoms with Gasteiger partial charge in [0, 0.05) is 6.07 Å². The van der Waals surface area contributed by atoms with Gasteiger partial charge < -0.3 is 4.74 Å². The Bertz CT molecular complexity index is 1440. The number of imide groups is 1. The highest BCUT2D eigenvalue weighted by atomic mass is 16.5. The van der Waals surface area contributed by atoms with Crippen LogP contribution < -0.4 is 9.64 Å². The highest BCUT2D eigenvalue weighted by molar-refractivity contribution is 6.34. The van der Waals surface area contributed by atoms with Crippen LogP contribution in [0, 0.1) is 22.7 Å². The van der Waals surface area contributed by atoms with E-state index in [-0.39, 0.29) is 17.6 Å². The molecule has 0 radical (unpaired) electrons. The summed E-state index contributed by atoms with van der Waals surface area (Å²) in [7, 11) is 1.55. The van der Waals surface area contributed by atoms with Crippen LogP contribution in [-0.2, 0) is 14.4 Å². The number of methoxy groups -OCH3 is 1. The van der Waals surface area contributed by atoms with Gasteiger partial charge in [-0.2, -0.15) is 0 Å². The number of amides is 2. The summed E-state index contributed by atoms with van der Waals surface area (Å²) in [5.74, 6) is -1.58. The Kier molecular flexibility index (Phi) is 4.84. The topological polar surface area (TPSA) is 63.7 Å². The Labute approximate surface area is 210 Å². The van der Waals surface area contributed by atoms with Gasteiger partial charge in [0.1, 0.15) is 5.75 Å². The molecular weight excluding hydrogens is 450 g/mol. The molecule has 0 aromatic heterocycles. The maximum atomic E-state index is 14.5. The van der Waals surface area contributed by atoms with E-state index < -0.39 is 22.7 Å². The molecule has 0 unspecified atom stereocenters. The molecule has 1 aliphatic heterocycles. The van der Waals surface area contributed by atoms with Crippen LogP contribution in [-0.4, -0.2) is 24.7 Å². The molecule has 3 aromatic carbocycles. The van der Waals surface area contributed by atoms with Crippen molar-refractivity contribution in [2.45, 2.75) is 20.3 Å². The van der Waals surface area contributed by atoms with Crippen LogP contribution in [0.2, 0.25) is 0 Å². The first-order valence-corrected chi connectivity index (χ1v) is 12.3. The summed E-state index contributed by atoms with van der Waals surface area (Å²) in [5, 5.41) is 0. The van der Waals surface area contributed by atoms with E-state index in [4.69, 9.17) is 4.74 Å². The fraction of sp³-hybridized carbons (Fsp3) is 0.258. The van der Waals surface area contributed by atoms with E-state index in [1.54, 1.807) is 31.4 Å². The standard InChI is InChI=1S/C31H27NO4/c1-4-31-24(20-14-9-6-10-15-20)23(19-12-7-5-8-13-19)30(2,29(31)35)25-26(31)28(34)32(27(25)33)21-16-11-17-22(18-21)36-3/h5-18,25-26H,4H2,1-3H3/t25-,26+,30-,31-/m0/s1. The molecule has 4 atom stereocenters. The van der Waals surface area contributed by atoms with Crippen molar-refractivity contribution in [2.75, 3.05) is 12.0 Å². The smallest absolute Gasteiger partial charge is 0.239 e. The molecule has 36 heavy (non-hydrogen) atoms. The number of allylic oxidation sites excluding steroid dienone is 2. The summed E-state index contributed by atoms with van der Waals surface area (Å²) < 4.78 is 5.35. The lowest BCUT2D eigenvalue weighted by atomic mass is 9.62. The number of ketones is 1. The summed E-state index contributed by atoms with van der Waals surface area (Å²) >= 11 is 0. The molecule has 3 aromatic rings. The molecule has 1 heterocycles. The third kappa shape index (κ3) is 2.58. The molecule has 2 fully saturated rings. The van der Waals surface area contributed by atoms with Gasteiger partial charge in [-0.05, 0) is 47.8 Å². The van der Waals surface area contributed by atoms with Crippen molar-refractivity contribution in [1.29, 1.82) is 0 Å². The largest absolute Gasteiger partial charge is 0.497 e. The SMILES string of the molecule is CC[C@]12C(=O)[C@@](C)(C(c3ccccc3)=C1c1ccccc1)[C@@H]1C(=O)N(c3cccc(OC)c3)C(=O)[C@@H]12. The van der Waals surface area contributed by atoms with Gasteiger partial charge in [-0.3, -0.25) is 14.4 Å². The Balaban J connectivity index is 1.63. The van der Waals surface area contributed by atoms with Gasteiger partial charge in [0.15, 0.2) is 5.78 Å². The number of benzene rings is 3. The third-order valence-corrected chi connectivity index (χ3v) is 8.55. The first kappa shape index (κ1) is 22.5. The van der Waals surface area contributed by atoms with Crippen molar-refractivity contribution in [2.24, 2.45) is 22.7 Å². The molecular formula is C31H27NO4. The van der Waals surface area contributed by atoms with Crippen molar-refractivity contribution in [1.82, 2.24) is 0 Å². The molecule has 5 heteroatoms. The second-order valence-electron chi connectivity index (χ2n) is 10.0. The van der Waals surface area contributed by atoms with E-state index in [0.29, 0.717) is 17.9 Å². The Morgan fingerprint density at radius 2 is 1.36 bits per heavy atom. The first-order chi connectivity index (χ1) is 17.4. The lowest BCUT2D eigenvalue weighted by Gasteiger charge is -2.37. The molecule has 5 nitrogen and oxygen atoms in total. The normalized spacial score (nSPS) is 28.8. The average molecular weight is 478 g/mol. The van der Waals surface area contributed by atoms with Crippen LogP contribution in [0.5, 0.6) is 5.75 Å². The molecule has 2 bridgehead atoms. The first-order valence-electron chi connectivity index (χ1n) is 12.3. The highest BCUT2D eigenvalue weighted by Gasteiger charge is 2.79. The molecule has 2 amide bonds. The predicted molar refractivity (Wildman–Crippen MR) is 138 cm³/mol. The van der Waals surface area contributed by atoms with E-state index in [1.807, 2.05) is 74.5 Å². The lowest BCUT2D eigenvalue weighted by Crippen LogP contribution is -2.41. The summed E-state index contributed by atoms with van der Waals surface area (Å²) in [6.45, 7) is 3.84. The number of hydrogen-bond acceptors (Lipinski definition) is 4. The van der Waals surface area contributed by atoms with Gasteiger partial charge in [0.25, 0.3) is 0 Å². The van der Waals surface area contributed by atoms with E-state index in [0.717, 1.165) is 22.3 Å². The summed E-state index contributed by atoms with van der Waals surface area (Å²) in [6, 6.07) is 26.7. The fourth-order valence-corrected chi connectivity index (χ4v) is 7.13. The minimum absolute atomic E-state index is 0.0165. The van der Waals surface area contributed by atoms with E-state index in [2.05, 4.69) is 0 Å². The lowest BCUT2D eigenvalue weighted by molar-refractivity contribution is -0.134. The zero-order valence-corrected chi connectivity index (χ0v) is 20.5. The average Bonchev–Trinajstić information content (AvgIpc) is 3.39. The quantitative estimate of drug-likeness (QED) is 0.461. The predicted octanol–water partition coefficient (Wildman–Crippen LogP) is 5.41. The Morgan fingerprint density at radius 1 is 0.778 bits per heavy atom. The number of hydrogen-bond donors (Lipinski definition) is 0. The van der Waals surface area contributed by atoms with Crippen molar-refractivity contribution < 1.29 is 19.1 Å². The Hall–Kier alpha value is -3.99. The minimum Gasteiger partial charge on any atom is -0.497 e. The zero-order valence-electron chi connectivity index (χ0n) is 20.5. The Morgan fingerprint density at radius 3 is 1.94 bits per heavy atom. The number of fused-ring (bicyclic) bond motifs is 5. The van der Waals surface area contributed by atoms with Crippen LogP contribution >= 0.6 is 0 Å². The second-order valence-corrected chi connectivity index (χ2v) is 10.0. The van der Waals surface area contributed by atoms with Gasteiger partial charge in [-0.1, -0.05) is 73.7 Å². The molecule has 3 aliphatic rings. The zero-order chi connectivity index (χ0) is 25.2. The van der Waals surface area contributed by atoms with Gasteiger partial charge >= 0.3 is 0 Å². The van der Waals surface area contributed by atoms with E-state index >= 15 is 0 Å². The van der Waals surface area contributed by atoms with E-state index in [1.165, 1.54) is 4.90 Å². The number of carbonyl (C=O) groups is 3. The number of carbonyl (C=O) groups excluding carboxylic acids is 3. The molecule has 1 saturated carbocycles. The van der Waals surface area contributed by atoms with E-state index in [9.17, 15) is 14.4 Å². The van der Waals surface area contributed by atoms with Crippen molar-refractivity contribution in [3.05, 3.63) is 96.1 Å². The van der Waals surface area contributed by atoms with Crippen molar-refractivity contribution >= 4 is 34.4 Å². The molecule has 0 spiro atoms. The number of Topliss-reactive ketones (excluding diaryl/α,β-unsaturated/α-hetero) is 1. The molecule has 1 saturated heterocycles. The molecule has 180 valence electrons. The third-order valence-electron chi connectivity index (χ3n) is 8.55. The summed E-state index contributed by atoms with van der Waals surface area (Å²) in [6.07, 6.45) is 0.439. The molecule has 0 N–H and O–H groups in total. The van der Waals surface area contributed by atoms with Gasteiger partial charge in [0.05, 0.1) is 35.5 Å².